The smallest absolute Gasteiger partial charge is 0.335 e. The van der Waals surface area contributed by atoms with Crippen LogP contribution in [0.25, 0.3) is 21.9 Å². The number of rotatable bonds is 7. The summed E-state index contributed by atoms with van der Waals surface area (Å²) in [7, 11) is 0. The molecule has 3 aromatic rings. The molecule has 134 valence electrons. The normalized spacial score (nSPS) is 11.1. The lowest BCUT2D eigenvalue weighted by Crippen LogP contribution is -2.06. The maximum atomic E-state index is 12.7. The molecule has 0 bridgehead atoms. The number of hydrogen-bond donors (Lipinski definition) is 1. The van der Waals surface area contributed by atoms with Gasteiger partial charge in [-0.3, -0.25) is 9.59 Å². The van der Waals surface area contributed by atoms with Crippen LogP contribution >= 0.6 is 0 Å². The van der Waals surface area contributed by atoms with E-state index < -0.39 is 5.97 Å². The van der Waals surface area contributed by atoms with Gasteiger partial charge < -0.3 is 9.52 Å². The van der Waals surface area contributed by atoms with E-state index in [9.17, 15) is 14.4 Å². The van der Waals surface area contributed by atoms with E-state index in [-0.39, 0.29) is 22.2 Å². The number of carboxylic acids is 1. The number of hydrogen-bond acceptors (Lipinski definition) is 4. The molecule has 0 spiro atoms. The van der Waals surface area contributed by atoms with E-state index >= 15 is 0 Å². The van der Waals surface area contributed by atoms with Crippen LogP contribution < -0.4 is 5.43 Å². The van der Waals surface area contributed by atoms with Gasteiger partial charge in [-0.2, -0.15) is 0 Å². The first-order valence-corrected chi connectivity index (χ1v) is 8.78. The van der Waals surface area contributed by atoms with Crippen molar-refractivity contribution >= 4 is 33.7 Å². The zero-order valence-electron chi connectivity index (χ0n) is 14.6. The largest absolute Gasteiger partial charge is 0.478 e. The average Bonchev–Trinajstić information content (AvgIpc) is 2.64. The summed E-state index contributed by atoms with van der Waals surface area (Å²) in [6.45, 7) is 2.12. The Labute approximate surface area is 150 Å². The van der Waals surface area contributed by atoms with Crippen molar-refractivity contribution in [1.82, 2.24) is 0 Å². The van der Waals surface area contributed by atoms with E-state index in [1.54, 1.807) is 18.2 Å². The van der Waals surface area contributed by atoms with Crippen LogP contribution in [0.3, 0.4) is 0 Å². The summed E-state index contributed by atoms with van der Waals surface area (Å²) in [5, 5.41) is 9.63. The van der Waals surface area contributed by atoms with Crippen LogP contribution in [0.15, 0.2) is 45.6 Å². The third-order valence-corrected chi connectivity index (χ3v) is 4.50. The fraction of sp³-hybridized carbons (Fsp3) is 0.286. The van der Waals surface area contributed by atoms with Crippen molar-refractivity contribution in [3.05, 3.63) is 57.7 Å². The molecule has 0 amide bonds. The number of benzene rings is 2. The summed E-state index contributed by atoms with van der Waals surface area (Å²) in [5.74, 6) is -1.07. The first kappa shape index (κ1) is 17.9. The number of ketones is 1. The van der Waals surface area contributed by atoms with Gasteiger partial charge in [0.1, 0.15) is 11.2 Å². The molecule has 0 fully saturated rings. The zero-order valence-corrected chi connectivity index (χ0v) is 14.6. The van der Waals surface area contributed by atoms with Crippen LogP contribution in [0.1, 0.15) is 59.7 Å². The molecule has 3 rings (SSSR count). The lowest BCUT2D eigenvalue weighted by atomic mass is 10.0. The molecule has 1 heterocycles. The number of aromatic carboxylic acids is 1. The Morgan fingerprint density at radius 3 is 2.42 bits per heavy atom. The van der Waals surface area contributed by atoms with Gasteiger partial charge in [0, 0.05) is 12.0 Å². The highest BCUT2D eigenvalue weighted by Crippen LogP contribution is 2.22. The molecule has 5 heteroatoms. The minimum absolute atomic E-state index is 0.0306. The number of carbonyl (C=O) groups excluding carboxylic acids is 1. The van der Waals surface area contributed by atoms with E-state index in [1.165, 1.54) is 18.2 Å². The lowest BCUT2D eigenvalue weighted by Gasteiger charge is -2.05. The maximum absolute atomic E-state index is 12.7. The summed E-state index contributed by atoms with van der Waals surface area (Å²) in [6, 6.07) is 8.99. The molecule has 0 aliphatic heterocycles. The van der Waals surface area contributed by atoms with Crippen LogP contribution in [0.4, 0.5) is 0 Å². The van der Waals surface area contributed by atoms with E-state index in [4.69, 9.17) is 9.52 Å². The Kier molecular flexibility index (Phi) is 5.16. The molecule has 0 saturated heterocycles. The molecule has 1 N–H and O–H groups in total. The van der Waals surface area contributed by atoms with Crippen molar-refractivity contribution in [1.29, 1.82) is 0 Å². The predicted octanol–water partition coefficient (Wildman–Crippen LogP) is 4.80. The van der Waals surface area contributed by atoms with E-state index in [0.717, 1.165) is 25.7 Å². The second-order valence-corrected chi connectivity index (χ2v) is 6.39. The van der Waals surface area contributed by atoms with E-state index in [2.05, 4.69) is 6.92 Å². The minimum atomic E-state index is -1.10. The summed E-state index contributed by atoms with van der Waals surface area (Å²) < 4.78 is 5.75. The third-order valence-electron chi connectivity index (χ3n) is 4.50. The average molecular weight is 352 g/mol. The van der Waals surface area contributed by atoms with Crippen LogP contribution in [0, 0.1) is 0 Å². The molecule has 0 radical (unpaired) electrons. The topological polar surface area (TPSA) is 84.6 Å². The van der Waals surface area contributed by atoms with Gasteiger partial charge in [-0.15, -0.1) is 0 Å². The highest BCUT2D eigenvalue weighted by molar-refractivity contribution is 6.01. The monoisotopic (exact) mass is 352 g/mol. The molecule has 0 aliphatic carbocycles. The highest BCUT2D eigenvalue weighted by atomic mass is 16.4. The molecule has 0 aliphatic rings. The predicted molar refractivity (Wildman–Crippen MR) is 100 cm³/mol. The van der Waals surface area contributed by atoms with Gasteiger partial charge in [0.2, 0.25) is 5.43 Å². The van der Waals surface area contributed by atoms with Crippen LogP contribution in [-0.2, 0) is 0 Å². The Morgan fingerprint density at radius 1 is 0.923 bits per heavy atom. The molecule has 1 aromatic heterocycles. The van der Waals surface area contributed by atoms with Crippen molar-refractivity contribution in [2.75, 3.05) is 0 Å². The standard InChI is InChI=1S/C21H20O5/c1-2-3-4-5-6-17(22)13-7-9-15-19(12-13)26-18-10-8-14(21(24)25)11-16(18)20(15)23/h7-12H,2-6H2,1H3,(H,24,25). The molecule has 26 heavy (non-hydrogen) atoms. The highest BCUT2D eigenvalue weighted by Gasteiger charge is 2.13. The number of Topliss-reactive ketones (excluding diaryl/α,β-unsaturated/α-hetero) is 1. The van der Waals surface area contributed by atoms with E-state index in [0.29, 0.717) is 28.5 Å². The van der Waals surface area contributed by atoms with Crippen molar-refractivity contribution in [2.24, 2.45) is 0 Å². The van der Waals surface area contributed by atoms with Gasteiger partial charge in [-0.25, -0.2) is 4.79 Å². The molecule has 0 atom stereocenters. The first-order chi connectivity index (χ1) is 12.5. The van der Waals surface area contributed by atoms with Crippen molar-refractivity contribution in [2.45, 2.75) is 39.0 Å². The second-order valence-electron chi connectivity index (χ2n) is 6.39. The minimum Gasteiger partial charge on any atom is -0.478 e. The Bertz CT molecular complexity index is 1050. The summed E-state index contributed by atoms with van der Waals surface area (Å²) in [6.07, 6.45) is 4.59. The van der Waals surface area contributed by atoms with Crippen molar-refractivity contribution in [3.63, 3.8) is 0 Å². The summed E-state index contributed by atoms with van der Waals surface area (Å²) >= 11 is 0. The Balaban J connectivity index is 1.98. The first-order valence-electron chi connectivity index (χ1n) is 8.78. The van der Waals surface area contributed by atoms with Gasteiger partial charge in [-0.05, 0) is 36.8 Å². The Hall–Kier alpha value is -2.95. The van der Waals surface area contributed by atoms with E-state index in [1.807, 2.05) is 0 Å². The quantitative estimate of drug-likeness (QED) is 0.375. The Morgan fingerprint density at radius 2 is 1.69 bits per heavy atom. The molecular formula is C21H20O5. The maximum Gasteiger partial charge on any atom is 0.335 e. The molecule has 2 aromatic carbocycles. The number of fused-ring (bicyclic) bond motifs is 2. The van der Waals surface area contributed by atoms with Crippen molar-refractivity contribution in [3.8, 4) is 0 Å². The van der Waals surface area contributed by atoms with Crippen LogP contribution in [-0.4, -0.2) is 16.9 Å². The number of carbonyl (C=O) groups is 2. The number of carboxylic acid groups (broad SMARTS) is 1. The summed E-state index contributed by atoms with van der Waals surface area (Å²) in [5.41, 5.74) is 0.901. The molecule has 0 unspecified atom stereocenters. The fourth-order valence-corrected chi connectivity index (χ4v) is 3.02. The molecule has 0 saturated carbocycles. The fourth-order valence-electron chi connectivity index (χ4n) is 3.02. The van der Waals surface area contributed by atoms with Crippen molar-refractivity contribution < 1.29 is 19.1 Å². The zero-order chi connectivity index (χ0) is 18.7. The SMILES string of the molecule is CCCCCCC(=O)c1ccc2c(=O)c3cc(C(=O)O)ccc3oc2c1. The van der Waals surface area contributed by atoms with Gasteiger partial charge in [0.15, 0.2) is 5.78 Å². The molecular weight excluding hydrogens is 332 g/mol. The van der Waals surface area contributed by atoms with Gasteiger partial charge in [0.25, 0.3) is 0 Å². The van der Waals surface area contributed by atoms with Gasteiger partial charge in [-0.1, -0.05) is 32.3 Å². The van der Waals surface area contributed by atoms with Gasteiger partial charge in [0.05, 0.1) is 16.3 Å². The second kappa shape index (κ2) is 7.52. The summed E-state index contributed by atoms with van der Waals surface area (Å²) in [4.78, 5) is 36.1. The molecule has 5 nitrogen and oxygen atoms in total. The van der Waals surface area contributed by atoms with Crippen LogP contribution in [0.2, 0.25) is 0 Å². The number of unbranched alkanes of at least 4 members (excludes halogenated alkanes) is 3. The van der Waals surface area contributed by atoms with Crippen LogP contribution in [0.5, 0.6) is 0 Å². The lowest BCUT2D eigenvalue weighted by molar-refractivity contribution is 0.0696. The third kappa shape index (κ3) is 3.52. The van der Waals surface area contributed by atoms with Gasteiger partial charge >= 0.3 is 5.97 Å².